The third-order valence-electron chi connectivity index (χ3n) is 15.0. The zero-order valence-corrected chi connectivity index (χ0v) is 51.4. The predicted molar refractivity (Wildman–Crippen MR) is 286 cm³/mol. The molecule has 5 heterocycles. The van der Waals surface area contributed by atoms with E-state index in [4.69, 9.17) is 52.1 Å². The molecule has 0 aromatic rings. The Morgan fingerprint density at radius 1 is 0.463 bits per heavy atom. The molecule has 0 N–H and O–H groups in total. The molecular weight excluding hydrogens is 1050 g/mol. The summed E-state index contributed by atoms with van der Waals surface area (Å²) < 4.78 is 55.2. The highest BCUT2D eigenvalue weighted by atomic mass is 16.6. The second-order valence-corrected chi connectivity index (χ2v) is 25.0. The minimum absolute atomic E-state index is 0.0494. The van der Waals surface area contributed by atoms with Crippen molar-refractivity contribution in [2.24, 2.45) is 33.0 Å². The topological polar surface area (TPSA) is 289 Å². The maximum Gasteiger partial charge on any atom is 0.350 e. The van der Waals surface area contributed by atoms with Crippen LogP contribution in [0.5, 0.6) is 0 Å². The Morgan fingerprint density at radius 3 is 1.21 bits per heavy atom. The minimum atomic E-state index is -1.44. The van der Waals surface area contributed by atoms with Gasteiger partial charge in [0.25, 0.3) is 0 Å². The van der Waals surface area contributed by atoms with E-state index in [-0.39, 0.29) is 86.5 Å². The van der Waals surface area contributed by atoms with Crippen molar-refractivity contribution in [3.63, 3.8) is 0 Å². The normalized spacial score (nSPS) is 22.0. The molecule has 0 radical (unpaired) electrons. The van der Waals surface area contributed by atoms with Gasteiger partial charge in [-0.2, -0.15) is 0 Å². The van der Waals surface area contributed by atoms with E-state index in [9.17, 15) is 52.7 Å². The van der Waals surface area contributed by atoms with Crippen LogP contribution in [0, 0.1) is 33.0 Å². The highest BCUT2D eigenvalue weighted by Crippen LogP contribution is 2.34. The molecule has 80 heavy (non-hydrogen) atoms. The summed E-state index contributed by atoms with van der Waals surface area (Å²) in [6.45, 7) is 37.3. The molecule has 0 aromatic heterocycles. The van der Waals surface area contributed by atoms with Crippen LogP contribution in [0.2, 0.25) is 0 Å². The van der Waals surface area contributed by atoms with Gasteiger partial charge in [-0.05, 0) is 136 Å². The molecule has 0 aliphatic carbocycles. The Kier molecular flexibility index (Phi) is 26.8. The van der Waals surface area contributed by atoms with Crippen LogP contribution in [-0.2, 0) is 105 Å². The van der Waals surface area contributed by atoms with Gasteiger partial charge in [0.05, 0.1) is 66.2 Å². The molecule has 0 bridgehead atoms. The SMILES string of the molecule is CCC(C)(C)C(=O)OC(C)(C)C(=O)OC1CCOC1=O.CCC(C)(C)C(=O)OC(C)(C)C1COC(=O)C1.CCC(C)(C)C(=O)OC1(C)COC(=O)C1.CCC(C)(C)C(=O)OC1CCOC1=O.CCC(C)(C)C(=O)OC1COC(=O)C1. The van der Waals surface area contributed by atoms with Gasteiger partial charge in [0, 0.05) is 18.8 Å². The van der Waals surface area contributed by atoms with E-state index < -0.39 is 80.0 Å². The first-order valence-electron chi connectivity index (χ1n) is 27.6. The summed E-state index contributed by atoms with van der Waals surface area (Å²) in [7, 11) is 0. The first kappa shape index (κ1) is 72.2. The molecule has 5 fully saturated rings. The van der Waals surface area contributed by atoms with Gasteiger partial charge in [-0.1, -0.05) is 34.6 Å². The quantitative estimate of drug-likeness (QED) is 0.0923. The largest absolute Gasteiger partial charge is 0.465 e. The maximum atomic E-state index is 12.0. The first-order valence-corrected chi connectivity index (χ1v) is 27.6. The fourth-order valence-electron chi connectivity index (χ4n) is 6.23. The lowest BCUT2D eigenvalue weighted by Crippen LogP contribution is -2.44. The zero-order valence-electron chi connectivity index (χ0n) is 51.4. The molecule has 5 aliphatic rings. The fourth-order valence-corrected chi connectivity index (χ4v) is 6.23. The highest BCUT2D eigenvalue weighted by molar-refractivity contribution is 5.87. The van der Waals surface area contributed by atoms with Crippen molar-refractivity contribution in [2.45, 2.75) is 238 Å². The Morgan fingerprint density at radius 2 is 0.850 bits per heavy atom. The van der Waals surface area contributed by atoms with Crippen LogP contribution in [0.15, 0.2) is 0 Å². The monoisotopic (exact) mass is 1140 g/mol. The van der Waals surface area contributed by atoms with Gasteiger partial charge >= 0.3 is 65.7 Å². The average molecular weight is 1140 g/mol. The smallest absolute Gasteiger partial charge is 0.350 e. The minimum Gasteiger partial charge on any atom is -0.465 e. The van der Waals surface area contributed by atoms with Gasteiger partial charge in [0.2, 0.25) is 17.8 Å². The van der Waals surface area contributed by atoms with Crippen molar-refractivity contribution in [3.8, 4) is 0 Å². The van der Waals surface area contributed by atoms with Gasteiger partial charge in [-0.25, -0.2) is 14.4 Å². The van der Waals surface area contributed by atoms with Crippen LogP contribution < -0.4 is 0 Å². The van der Waals surface area contributed by atoms with Gasteiger partial charge in [0.15, 0.2) is 5.60 Å². The third kappa shape index (κ3) is 22.6. The lowest BCUT2D eigenvalue weighted by atomic mass is 9.87. The summed E-state index contributed by atoms with van der Waals surface area (Å²) in [6.07, 6.45) is 2.91. The third-order valence-corrected chi connectivity index (χ3v) is 15.0. The van der Waals surface area contributed by atoms with Crippen molar-refractivity contribution in [2.75, 3.05) is 33.0 Å². The van der Waals surface area contributed by atoms with E-state index in [0.717, 1.165) is 6.42 Å². The number of hydrogen-bond donors (Lipinski definition) is 0. The van der Waals surface area contributed by atoms with E-state index in [1.807, 2.05) is 90.0 Å². The van der Waals surface area contributed by atoms with Gasteiger partial charge in [-0.3, -0.25) is 38.4 Å². The van der Waals surface area contributed by atoms with Gasteiger partial charge in [0.1, 0.15) is 24.9 Å². The van der Waals surface area contributed by atoms with Crippen LogP contribution in [0.4, 0.5) is 0 Å². The summed E-state index contributed by atoms with van der Waals surface area (Å²) in [5.74, 6) is -4.16. The van der Waals surface area contributed by atoms with E-state index in [1.54, 1.807) is 34.6 Å². The summed E-state index contributed by atoms with van der Waals surface area (Å²) in [4.78, 5) is 126. The van der Waals surface area contributed by atoms with Crippen molar-refractivity contribution >= 4 is 65.7 Å². The lowest BCUT2D eigenvalue weighted by molar-refractivity contribution is -0.188. The van der Waals surface area contributed by atoms with E-state index in [2.05, 4.69) is 0 Å². The molecule has 458 valence electrons. The molecule has 5 saturated heterocycles. The molecule has 22 heteroatoms. The molecule has 22 nitrogen and oxygen atoms in total. The molecule has 0 saturated carbocycles. The Labute approximate surface area is 473 Å². The number of carbonyl (C=O) groups excluding carboxylic acids is 11. The standard InChI is InChI=1S/C14H22O6.C13H22O4.C11H18O4.2C10H16O4/c1-6-13(2,3)11(16)20-14(4,5)12(17)19-9-7-8-18-10(9)15;1-6-12(2,3)11(15)17-13(4,5)9-7-10(14)16-8-9;1-5-10(2,3)9(13)15-11(4)6-8(12)14-7-11;1-4-10(2,3)9(12)14-7-5-8(11)13-6-7;1-4-10(2,3)9(12)14-7-5-6-13-8(7)11/h9H,6-8H2,1-5H3;9H,6-8H2,1-5H3;5-7H2,1-4H3;2*7H,4-6H2,1-3H3. The van der Waals surface area contributed by atoms with Gasteiger partial charge < -0.3 is 52.1 Å². The molecule has 5 unspecified atom stereocenters. The Balaban J connectivity index is 0.000000503. The zero-order chi connectivity index (χ0) is 62.0. The number of carbonyl (C=O) groups is 11. The summed E-state index contributed by atoms with van der Waals surface area (Å²) in [6, 6.07) is 0. The number of rotatable bonds is 18. The molecular formula is C58H94O22. The Hall–Kier alpha value is -5.83. The van der Waals surface area contributed by atoms with E-state index in [0.29, 0.717) is 58.2 Å². The predicted octanol–water partition coefficient (Wildman–Crippen LogP) is 8.14. The molecule has 0 amide bonds. The average Bonchev–Trinajstić information content (AvgIpc) is 4.24. The van der Waals surface area contributed by atoms with E-state index in [1.165, 1.54) is 13.8 Å². The summed E-state index contributed by atoms with van der Waals surface area (Å²) >= 11 is 0. The fraction of sp³-hybridized carbons (Fsp3) is 0.810. The first-order chi connectivity index (χ1) is 36.5. The number of ether oxygens (including phenoxy) is 11. The Bertz CT molecular complexity index is 2200. The van der Waals surface area contributed by atoms with Crippen molar-refractivity contribution in [1.82, 2.24) is 0 Å². The number of esters is 11. The van der Waals surface area contributed by atoms with Gasteiger partial charge in [-0.15, -0.1) is 0 Å². The van der Waals surface area contributed by atoms with Crippen LogP contribution in [0.25, 0.3) is 0 Å². The van der Waals surface area contributed by atoms with Crippen LogP contribution in [0.1, 0.15) is 203 Å². The molecule has 5 rings (SSSR count). The van der Waals surface area contributed by atoms with Crippen molar-refractivity contribution < 1.29 is 105 Å². The summed E-state index contributed by atoms with van der Waals surface area (Å²) in [5, 5.41) is 0. The van der Waals surface area contributed by atoms with Crippen molar-refractivity contribution in [3.05, 3.63) is 0 Å². The second-order valence-electron chi connectivity index (χ2n) is 25.0. The molecule has 0 aromatic carbocycles. The highest BCUT2D eigenvalue weighted by Gasteiger charge is 2.45. The van der Waals surface area contributed by atoms with Crippen LogP contribution >= 0.6 is 0 Å². The second kappa shape index (κ2) is 29.8. The van der Waals surface area contributed by atoms with E-state index >= 15 is 0 Å². The van der Waals surface area contributed by atoms with Crippen LogP contribution in [-0.4, -0.2) is 134 Å². The molecule has 5 atom stereocenters. The maximum absolute atomic E-state index is 12.0. The number of hydrogen-bond acceptors (Lipinski definition) is 22. The molecule has 5 aliphatic heterocycles. The molecule has 0 spiro atoms. The van der Waals surface area contributed by atoms with Crippen molar-refractivity contribution in [1.29, 1.82) is 0 Å². The summed E-state index contributed by atoms with van der Waals surface area (Å²) in [5.41, 5.74) is -5.55. The lowest BCUT2D eigenvalue weighted by Gasteiger charge is -2.33. The number of cyclic esters (lactones) is 5. The van der Waals surface area contributed by atoms with Crippen LogP contribution in [0.3, 0.4) is 0 Å².